The van der Waals surface area contributed by atoms with Crippen molar-refractivity contribution >= 4 is 17.5 Å². The number of amides is 2. The summed E-state index contributed by atoms with van der Waals surface area (Å²) in [6.45, 7) is 3.77. The van der Waals surface area contributed by atoms with Crippen LogP contribution in [0.15, 0.2) is 18.2 Å². The average molecular weight is 272 g/mol. The molecule has 4 nitrogen and oxygen atoms in total. The van der Waals surface area contributed by atoms with Gasteiger partial charge in [-0.25, -0.2) is 0 Å². The minimum Gasteiger partial charge on any atom is -0.338 e. The van der Waals surface area contributed by atoms with Crippen molar-refractivity contribution in [3.63, 3.8) is 0 Å². The third kappa shape index (κ3) is 2.69. The number of fused-ring (bicyclic) bond motifs is 1. The van der Waals surface area contributed by atoms with Gasteiger partial charge in [0.2, 0.25) is 5.91 Å². The predicted octanol–water partition coefficient (Wildman–Crippen LogP) is 2.44. The van der Waals surface area contributed by atoms with Crippen LogP contribution in [-0.2, 0) is 11.2 Å². The third-order valence-electron chi connectivity index (χ3n) is 3.94. The molecule has 0 unspecified atom stereocenters. The van der Waals surface area contributed by atoms with Gasteiger partial charge in [-0.05, 0) is 42.9 Å². The van der Waals surface area contributed by atoms with Gasteiger partial charge < -0.3 is 10.2 Å². The van der Waals surface area contributed by atoms with E-state index in [1.165, 1.54) is 12.8 Å². The molecule has 2 amide bonds. The molecular formula is C16H20N2O2. The fraction of sp³-hybridized carbons (Fsp3) is 0.500. The highest BCUT2D eigenvalue weighted by Crippen LogP contribution is 2.31. The molecule has 1 aliphatic carbocycles. The lowest BCUT2D eigenvalue weighted by molar-refractivity contribution is -0.115. The van der Waals surface area contributed by atoms with Crippen LogP contribution in [0.3, 0.4) is 0 Å². The highest BCUT2D eigenvalue weighted by atomic mass is 16.2. The summed E-state index contributed by atoms with van der Waals surface area (Å²) in [5, 5.41) is 2.81. The molecule has 4 heteroatoms. The van der Waals surface area contributed by atoms with Gasteiger partial charge in [-0.15, -0.1) is 0 Å². The van der Waals surface area contributed by atoms with Crippen molar-refractivity contribution in [3.05, 3.63) is 29.3 Å². The molecule has 1 aromatic carbocycles. The molecule has 1 saturated carbocycles. The van der Waals surface area contributed by atoms with E-state index >= 15 is 0 Å². The Morgan fingerprint density at radius 1 is 1.40 bits per heavy atom. The van der Waals surface area contributed by atoms with E-state index in [-0.39, 0.29) is 11.8 Å². The third-order valence-corrected chi connectivity index (χ3v) is 3.94. The standard InChI is InChI=1S/C16H20N2O2/c1-2-7-18(10-11-3-4-11)16(20)13-6-5-12-9-15(19)17-14(12)8-13/h5-6,8,11H,2-4,7,9-10H2,1H3,(H,17,19). The van der Waals surface area contributed by atoms with Crippen LogP contribution in [0.2, 0.25) is 0 Å². The number of benzene rings is 1. The predicted molar refractivity (Wildman–Crippen MR) is 77.7 cm³/mol. The minimum absolute atomic E-state index is 0.00740. The Labute approximate surface area is 119 Å². The fourth-order valence-electron chi connectivity index (χ4n) is 2.69. The van der Waals surface area contributed by atoms with Crippen molar-refractivity contribution in [2.75, 3.05) is 18.4 Å². The summed E-state index contributed by atoms with van der Waals surface area (Å²) >= 11 is 0. The summed E-state index contributed by atoms with van der Waals surface area (Å²) in [7, 11) is 0. The zero-order chi connectivity index (χ0) is 14.1. The number of anilines is 1. The average Bonchev–Trinajstić information content (AvgIpc) is 3.16. The van der Waals surface area contributed by atoms with E-state index in [4.69, 9.17) is 0 Å². The Morgan fingerprint density at radius 3 is 2.90 bits per heavy atom. The maximum atomic E-state index is 12.6. The highest BCUT2D eigenvalue weighted by molar-refractivity contribution is 6.02. The monoisotopic (exact) mass is 272 g/mol. The van der Waals surface area contributed by atoms with Crippen LogP contribution in [-0.4, -0.2) is 29.8 Å². The van der Waals surface area contributed by atoms with Crippen LogP contribution in [0.4, 0.5) is 5.69 Å². The lowest BCUT2D eigenvalue weighted by Crippen LogP contribution is -2.33. The maximum Gasteiger partial charge on any atom is 0.253 e. The summed E-state index contributed by atoms with van der Waals surface area (Å²) in [6, 6.07) is 5.55. The number of hydrogen-bond donors (Lipinski definition) is 1. The molecule has 1 fully saturated rings. The maximum absolute atomic E-state index is 12.6. The summed E-state index contributed by atoms with van der Waals surface area (Å²) in [4.78, 5) is 25.9. The van der Waals surface area contributed by atoms with Gasteiger partial charge in [0, 0.05) is 24.3 Å². The summed E-state index contributed by atoms with van der Waals surface area (Å²) in [6.07, 6.45) is 3.88. The smallest absolute Gasteiger partial charge is 0.253 e. The lowest BCUT2D eigenvalue weighted by Gasteiger charge is -2.22. The largest absolute Gasteiger partial charge is 0.338 e. The first-order chi connectivity index (χ1) is 9.67. The van der Waals surface area contributed by atoms with E-state index < -0.39 is 0 Å². The van der Waals surface area contributed by atoms with Gasteiger partial charge in [-0.1, -0.05) is 13.0 Å². The zero-order valence-electron chi connectivity index (χ0n) is 11.8. The second kappa shape index (κ2) is 5.27. The molecule has 0 bridgehead atoms. The minimum atomic E-state index is 0.00740. The number of nitrogens with one attached hydrogen (secondary N) is 1. The van der Waals surface area contributed by atoms with Crippen molar-refractivity contribution in [3.8, 4) is 0 Å². The van der Waals surface area contributed by atoms with Gasteiger partial charge in [0.05, 0.1) is 6.42 Å². The Hall–Kier alpha value is -1.84. The van der Waals surface area contributed by atoms with Crippen molar-refractivity contribution in [1.29, 1.82) is 0 Å². The summed E-state index contributed by atoms with van der Waals surface area (Å²) in [5.41, 5.74) is 2.46. The Morgan fingerprint density at radius 2 is 2.20 bits per heavy atom. The van der Waals surface area contributed by atoms with Crippen LogP contribution >= 0.6 is 0 Å². The van der Waals surface area contributed by atoms with E-state index in [0.717, 1.165) is 30.8 Å². The normalized spacial score (nSPS) is 16.8. The second-order valence-electron chi connectivity index (χ2n) is 5.79. The molecule has 0 atom stereocenters. The first-order valence-corrected chi connectivity index (χ1v) is 7.39. The van der Waals surface area contributed by atoms with Crippen molar-refractivity contribution in [2.24, 2.45) is 5.92 Å². The molecule has 3 rings (SSSR count). The Balaban J connectivity index is 1.78. The first-order valence-electron chi connectivity index (χ1n) is 7.39. The quantitative estimate of drug-likeness (QED) is 0.895. The van der Waals surface area contributed by atoms with Gasteiger partial charge in [-0.3, -0.25) is 9.59 Å². The Bertz CT molecular complexity index is 549. The molecule has 0 radical (unpaired) electrons. The van der Waals surface area contributed by atoms with Gasteiger partial charge >= 0.3 is 0 Å². The molecule has 0 spiro atoms. The lowest BCUT2D eigenvalue weighted by atomic mass is 10.1. The van der Waals surface area contributed by atoms with Gasteiger partial charge in [0.25, 0.3) is 5.91 Å². The summed E-state index contributed by atoms with van der Waals surface area (Å²) < 4.78 is 0. The van der Waals surface area contributed by atoms with Crippen LogP contribution in [0, 0.1) is 5.92 Å². The number of nitrogens with zero attached hydrogens (tertiary/aromatic N) is 1. The topological polar surface area (TPSA) is 49.4 Å². The zero-order valence-corrected chi connectivity index (χ0v) is 11.8. The van der Waals surface area contributed by atoms with E-state index in [2.05, 4.69) is 12.2 Å². The van der Waals surface area contributed by atoms with Crippen molar-refractivity contribution < 1.29 is 9.59 Å². The molecule has 1 N–H and O–H groups in total. The molecule has 1 aliphatic heterocycles. The van der Waals surface area contributed by atoms with E-state index in [0.29, 0.717) is 17.9 Å². The van der Waals surface area contributed by atoms with Crippen LogP contribution in [0.25, 0.3) is 0 Å². The SMILES string of the molecule is CCCN(CC1CC1)C(=O)c1ccc2c(c1)NC(=O)C2. The molecule has 106 valence electrons. The number of rotatable bonds is 5. The van der Waals surface area contributed by atoms with E-state index in [1.54, 1.807) is 0 Å². The second-order valence-corrected chi connectivity index (χ2v) is 5.79. The number of carbonyl (C=O) groups is 2. The molecule has 0 saturated heterocycles. The molecule has 1 heterocycles. The number of carbonyl (C=O) groups excluding carboxylic acids is 2. The van der Waals surface area contributed by atoms with Crippen LogP contribution in [0.5, 0.6) is 0 Å². The van der Waals surface area contributed by atoms with Gasteiger partial charge in [0.15, 0.2) is 0 Å². The summed E-state index contributed by atoms with van der Waals surface area (Å²) in [5.74, 6) is 0.787. The van der Waals surface area contributed by atoms with Crippen LogP contribution < -0.4 is 5.32 Å². The molecule has 2 aliphatic rings. The molecule has 1 aromatic rings. The fourth-order valence-corrected chi connectivity index (χ4v) is 2.69. The molecule has 20 heavy (non-hydrogen) atoms. The van der Waals surface area contributed by atoms with Crippen LogP contribution in [0.1, 0.15) is 42.1 Å². The van der Waals surface area contributed by atoms with Gasteiger partial charge in [-0.2, -0.15) is 0 Å². The van der Waals surface area contributed by atoms with Crippen molar-refractivity contribution in [2.45, 2.75) is 32.6 Å². The van der Waals surface area contributed by atoms with E-state index in [9.17, 15) is 9.59 Å². The first kappa shape index (κ1) is 13.2. The van der Waals surface area contributed by atoms with E-state index in [1.807, 2.05) is 23.1 Å². The number of hydrogen-bond acceptors (Lipinski definition) is 2. The molecular weight excluding hydrogens is 252 g/mol. The Kier molecular flexibility index (Phi) is 3.47. The van der Waals surface area contributed by atoms with Crippen molar-refractivity contribution in [1.82, 2.24) is 4.90 Å². The highest BCUT2D eigenvalue weighted by Gasteiger charge is 2.27. The van der Waals surface area contributed by atoms with Gasteiger partial charge in [0.1, 0.15) is 0 Å². The molecule has 0 aromatic heterocycles.